The Kier molecular flexibility index (Phi) is 3.46. The summed E-state index contributed by atoms with van der Waals surface area (Å²) in [6, 6.07) is 0. The Balaban J connectivity index is 2.03. The monoisotopic (exact) mass is 259 g/mol. The minimum Gasteiger partial charge on any atom is -0.241 e. The Bertz CT molecular complexity index is 488. The maximum absolute atomic E-state index is 10.8. The number of primary sulfonamides is 1. The zero-order chi connectivity index (χ0) is 11.6. The van der Waals surface area contributed by atoms with Gasteiger partial charge >= 0.3 is 0 Å². The normalized spacial score (nSPS) is 15.1. The molecule has 1 aliphatic carbocycles. The topological polar surface area (TPSA) is 85.9 Å². The maximum Gasteiger partial charge on any atom is 0.209 e. The summed E-state index contributed by atoms with van der Waals surface area (Å²) in [5.41, 5.74) is 2.29. The van der Waals surface area contributed by atoms with E-state index in [0.717, 1.165) is 30.0 Å². The molecule has 0 saturated heterocycles. The molecule has 0 atom stereocenters. The Hall–Kier alpha value is -0.660. The van der Waals surface area contributed by atoms with Crippen LogP contribution in [0.2, 0.25) is 0 Å². The summed E-state index contributed by atoms with van der Waals surface area (Å²) in [5, 5.41) is 5.85. The third kappa shape index (κ3) is 2.93. The minimum absolute atomic E-state index is 0.0174. The van der Waals surface area contributed by atoms with E-state index < -0.39 is 10.0 Å². The van der Waals surface area contributed by atoms with Gasteiger partial charge in [0.15, 0.2) is 0 Å². The molecule has 0 spiro atoms. The van der Waals surface area contributed by atoms with Crippen molar-refractivity contribution in [2.75, 3.05) is 11.5 Å². The molecule has 1 aliphatic rings. The van der Waals surface area contributed by atoms with Gasteiger partial charge in [-0.05, 0) is 19.3 Å². The molecule has 2 rings (SSSR count). The summed E-state index contributed by atoms with van der Waals surface area (Å²) in [7, 11) is -3.37. The van der Waals surface area contributed by atoms with Crippen LogP contribution in [0.15, 0.2) is 11.4 Å². The van der Waals surface area contributed by atoms with E-state index in [1.165, 1.54) is 17.3 Å². The summed E-state index contributed by atoms with van der Waals surface area (Å²) < 4.78 is 21.6. The second-order valence-electron chi connectivity index (χ2n) is 3.67. The fraction of sp³-hybridized carbons (Fsp3) is 0.556. The lowest BCUT2D eigenvalue weighted by molar-refractivity contribution is 0.599. The van der Waals surface area contributed by atoms with E-state index >= 15 is 0 Å². The van der Waals surface area contributed by atoms with Crippen molar-refractivity contribution in [1.29, 1.82) is 0 Å². The smallest absolute Gasteiger partial charge is 0.209 e. The molecule has 0 saturated carbocycles. The van der Waals surface area contributed by atoms with Crippen LogP contribution >= 0.6 is 11.8 Å². The van der Waals surface area contributed by atoms with Crippen LogP contribution in [0.25, 0.3) is 0 Å². The van der Waals surface area contributed by atoms with Crippen LogP contribution in [0.5, 0.6) is 0 Å². The molecule has 0 aromatic carbocycles. The highest BCUT2D eigenvalue weighted by Crippen LogP contribution is 2.28. The Morgan fingerprint density at radius 2 is 2.19 bits per heavy atom. The predicted octanol–water partition coefficient (Wildman–Crippen LogP) is 0.346. The molecule has 2 N–H and O–H groups in total. The molecule has 0 amide bonds. The van der Waals surface area contributed by atoms with E-state index in [9.17, 15) is 8.42 Å². The highest BCUT2D eigenvalue weighted by molar-refractivity contribution is 8.00. The van der Waals surface area contributed by atoms with E-state index in [0.29, 0.717) is 5.75 Å². The van der Waals surface area contributed by atoms with E-state index in [-0.39, 0.29) is 5.75 Å². The van der Waals surface area contributed by atoms with Crippen LogP contribution in [0.4, 0.5) is 0 Å². The summed E-state index contributed by atoms with van der Waals surface area (Å²) >= 11 is 1.44. The Labute approximate surface area is 98.9 Å². The molecule has 0 radical (unpaired) electrons. The maximum atomic E-state index is 10.8. The van der Waals surface area contributed by atoms with Crippen LogP contribution in [0.1, 0.15) is 17.7 Å². The van der Waals surface area contributed by atoms with Crippen LogP contribution in [-0.4, -0.2) is 29.9 Å². The fourth-order valence-electron chi connectivity index (χ4n) is 1.71. The van der Waals surface area contributed by atoms with E-state index in [4.69, 9.17) is 5.14 Å². The molecule has 88 valence electrons. The van der Waals surface area contributed by atoms with Crippen molar-refractivity contribution in [1.82, 2.24) is 9.97 Å². The molecule has 0 aliphatic heterocycles. The van der Waals surface area contributed by atoms with E-state index in [1.807, 2.05) is 0 Å². The van der Waals surface area contributed by atoms with Gasteiger partial charge in [0, 0.05) is 17.0 Å². The van der Waals surface area contributed by atoms with Gasteiger partial charge in [-0.25, -0.2) is 23.5 Å². The number of rotatable bonds is 4. The third-order valence-electron chi connectivity index (χ3n) is 2.44. The van der Waals surface area contributed by atoms with Crippen molar-refractivity contribution in [2.24, 2.45) is 5.14 Å². The van der Waals surface area contributed by atoms with Gasteiger partial charge in [0.1, 0.15) is 11.4 Å². The lowest BCUT2D eigenvalue weighted by atomic mass is 10.3. The molecule has 0 bridgehead atoms. The lowest BCUT2D eigenvalue weighted by Crippen LogP contribution is -2.17. The average Bonchev–Trinajstić information content (AvgIpc) is 2.64. The molecule has 1 aromatic rings. The van der Waals surface area contributed by atoms with Crippen molar-refractivity contribution in [2.45, 2.75) is 24.3 Å². The summed E-state index contributed by atoms with van der Waals surface area (Å²) in [5.74, 6) is 0.429. The van der Waals surface area contributed by atoms with Crippen LogP contribution in [-0.2, 0) is 22.9 Å². The largest absolute Gasteiger partial charge is 0.241 e. The zero-order valence-electron chi connectivity index (χ0n) is 8.72. The van der Waals surface area contributed by atoms with Gasteiger partial charge in [-0.15, -0.1) is 11.8 Å². The molecular weight excluding hydrogens is 246 g/mol. The highest BCUT2D eigenvalue weighted by atomic mass is 32.2. The van der Waals surface area contributed by atoms with Gasteiger partial charge in [-0.3, -0.25) is 0 Å². The second kappa shape index (κ2) is 4.68. The van der Waals surface area contributed by atoms with Crippen molar-refractivity contribution in [3.05, 3.63) is 17.6 Å². The second-order valence-corrected chi connectivity index (χ2v) is 6.49. The third-order valence-corrected chi connectivity index (χ3v) is 4.51. The van der Waals surface area contributed by atoms with Crippen molar-refractivity contribution < 1.29 is 8.42 Å². The van der Waals surface area contributed by atoms with E-state index in [2.05, 4.69) is 9.97 Å². The first-order valence-electron chi connectivity index (χ1n) is 5.02. The fourth-order valence-corrected chi connectivity index (χ4v) is 3.68. The van der Waals surface area contributed by atoms with Crippen LogP contribution in [0.3, 0.4) is 0 Å². The molecule has 16 heavy (non-hydrogen) atoms. The van der Waals surface area contributed by atoms with Crippen LogP contribution < -0.4 is 5.14 Å². The standard InChI is InChI=1S/C9H13N3O2S2/c10-16(13,14)5-4-15-9-7-2-1-3-8(7)11-6-12-9/h6H,1-5H2,(H2,10,13,14). The quantitative estimate of drug-likeness (QED) is 0.622. The van der Waals surface area contributed by atoms with Gasteiger partial charge in [-0.1, -0.05) is 0 Å². The molecule has 7 heteroatoms. The number of nitrogens with zero attached hydrogens (tertiary/aromatic N) is 2. The average molecular weight is 259 g/mol. The first-order chi connectivity index (χ1) is 7.56. The molecule has 1 heterocycles. The number of thioether (sulfide) groups is 1. The van der Waals surface area contributed by atoms with Crippen molar-refractivity contribution >= 4 is 21.8 Å². The summed E-state index contributed by atoms with van der Waals surface area (Å²) in [6.07, 6.45) is 4.65. The SMILES string of the molecule is NS(=O)(=O)CCSc1ncnc2c1CCC2. The molecule has 0 fully saturated rings. The number of nitrogens with two attached hydrogens (primary N) is 1. The molecule has 1 aromatic heterocycles. The number of sulfonamides is 1. The number of hydrogen-bond donors (Lipinski definition) is 1. The summed E-state index contributed by atoms with van der Waals surface area (Å²) in [6.45, 7) is 0. The van der Waals surface area contributed by atoms with Crippen molar-refractivity contribution in [3.63, 3.8) is 0 Å². The Morgan fingerprint density at radius 1 is 1.38 bits per heavy atom. The lowest BCUT2D eigenvalue weighted by Gasteiger charge is -2.05. The molecule has 0 unspecified atom stereocenters. The summed E-state index contributed by atoms with van der Waals surface area (Å²) in [4.78, 5) is 8.40. The van der Waals surface area contributed by atoms with Gasteiger partial charge in [0.25, 0.3) is 0 Å². The number of aryl methyl sites for hydroxylation is 1. The van der Waals surface area contributed by atoms with Gasteiger partial charge < -0.3 is 0 Å². The van der Waals surface area contributed by atoms with Gasteiger partial charge in [-0.2, -0.15) is 0 Å². The first-order valence-corrected chi connectivity index (χ1v) is 7.72. The van der Waals surface area contributed by atoms with Crippen LogP contribution in [0, 0.1) is 0 Å². The molecular formula is C9H13N3O2S2. The zero-order valence-corrected chi connectivity index (χ0v) is 10.4. The van der Waals surface area contributed by atoms with Gasteiger partial charge in [0.05, 0.1) is 5.75 Å². The number of fused-ring (bicyclic) bond motifs is 1. The van der Waals surface area contributed by atoms with Crippen molar-refractivity contribution in [3.8, 4) is 0 Å². The number of aromatic nitrogens is 2. The van der Waals surface area contributed by atoms with E-state index in [1.54, 1.807) is 6.33 Å². The van der Waals surface area contributed by atoms with Gasteiger partial charge in [0.2, 0.25) is 10.0 Å². The number of hydrogen-bond acceptors (Lipinski definition) is 5. The Morgan fingerprint density at radius 3 is 2.94 bits per heavy atom. The minimum atomic E-state index is -3.37. The molecule has 5 nitrogen and oxygen atoms in total. The predicted molar refractivity (Wildman–Crippen MR) is 62.8 cm³/mol. The first kappa shape index (κ1) is 11.8. The highest BCUT2D eigenvalue weighted by Gasteiger charge is 2.17.